The second kappa shape index (κ2) is 6.34. The van der Waals surface area contributed by atoms with Crippen molar-refractivity contribution in [2.24, 2.45) is 11.8 Å². The molecule has 128 valence electrons. The maximum absolute atomic E-state index is 12.0. The Hall–Kier alpha value is -1.64. The molecule has 2 heteroatoms. The zero-order chi connectivity index (χ0) is 17.4. The van der Waals surface area contributed by atoms with E-state index < -0.39 is 11.2 Å². The van der Waals surface area contributed by atoms with E-state index in [1.807, 2.05) is 48.5 Å². The van der Waals surface area contributed by atoms with Gasteiger partial charge in [-0.25, -0.2) is 0 Å². The van der Waals surface area contributed by atoms with Gasteiger partial charge in [-0.1, -0.05) is 74.5 Å². The van der Waals surface area contributed by atoms with Gasteiger partial charge in [0.15, 0.2) is 0 Å². The SMILES string of the molecule is CC(C)C1CCC(C)(O)C(O)(c2ccccc2)C1c1ccccc1. The third-order valence-corrected chi connectivity index (χ3v) is 5.89. The molecule has 2 aromatic carbocycles. The minimum absolute atomic E-state index is 0.134. The van der Waals surface area contributed by atoms with Gasteiger partial charge in [0.25, 0.3) is 0 Å². The van der Waals surface area contributed by atoms with E-state index in [4.69, 9.17) is 0 Å². The van der Waals surface area contributed by atoms with Crippen LogP contribution in [0.2, 0.25) is 0 Å². The lowest BCUT2D eigenvalue weighted by Gasteiger charge is -2.54. The molecule has 0 radical (unpaired) electrons. The molecule has 0 aromatic heterocycles. The fourth-order valence-electron chi connectivity index (χ4n) is 4.50. The lowest BCUT2D eigenvalue weighted by molar-refractivity contribution is -0.200. The van der Waals surface area contributed by atoms with E-state index in [0.29, 0.717) is 18.3 Å². The van der Waals surface area contributed by atoms with E-state index in [1.165, 1.54) is 0 Å². The molecule has 2 nitrogen and oxygen atoms in total. The lowest BCUT2D eigenvalue weighted by Crippen LogP contribution is -2.59. The van der Waals surface area contributed by atoms with E-state index in [0.717, 1.165) is 17.5 Å². The van der Waals surface area contributed by atoms with Crippen LogP contribution < -0.4 is 0 Å². The summed E-state index contributed by atoms with van der Waals surface area (Å²) in [5, 5.41) is 23.2. The van der Waals surface area contributed by atoms with E-state index in [1.54, 1.807) is 6.92 Å². The Kier molecular flexibility index (Phi) is 4.54. The molecule has 4 atom stereocenters. The molecule has 0 bridgehead atoms. The highest BCUT2D eigenvalue weighted by atomic mass is 16.4. The second-order valence-electron chi connectivity index (χ2n) is 7.74. The van der Waals surface area contributed by atoms with Crippen LogP contribution in [0, 0.1) is 11.8 Å². The molecule has 0 amide bonds. The molecule has 2 aromatic rings. The minimum atomic E-state index is -1.30. The molecule has 2 N–H and O–H groups in total. The minimum Gasteiger partial charge on any atom is -0.387 e. The lowest BCUT2D eigenvalue weighted by atomic mass is 9.55. The van der Waals surface area contributed by atoms with Crippen LogP contribution in [0.5, 0.6) is 0 Å². The van der Waals surface area contributed by atoms with Crippen LogP contribution in [0.25, 0.3) is 0 Å². The average molecular weight is 324 g/mol. The normalized spacial score (nSPS) is 33.6. The van der Waals surface area contributed by atoms with Crippen molar-refractivity contribution in [1.82, 2.24) is 0 Å². The number of rotatable bonds is 3. The number of aliphatic hydroxyl groups is 2. The molecule has 0 saturated heterocycles. The molecule has 0 spiro atoms. The first kappa shape index (κ1) is 17.2. The van der Waals surface area contributed by atoms with Gasteiger partial charge in [0.05, 0.1) is 5.60 Å². The van der Waals surface area contributed by atoms with E-state index in [9.17, 15) is 10.2 Å². The van der Waals surface area contributed by atoms with Crippen LogP contribution in [0.15, 0.2) is 60.7 Å². The molecular formula is C22H28O2. The van der Waals surface area contributed by atoms with Crippen molar-refractivity contribution in [3.05, 3.63) is 71.8 Å². The highest BCUT2D eigenvalue weighted by Gasteiger charge is 2.58. The Labute approximate surface area is 145 Å². The molecular weight excluding hydrogens is 296 g/mol. The van der Waals surface area contributed by atoms with Gasteiger partial charge in [0.1, 0.15) is 5.60 Å². The molecule has 1 saturated carbocycles. The zero-order valence-corrected chi connectivity index (χ0v) is 14.8. The van der Waals surface area contributed by atoms with Crippen molar-refractivity contribution in [1.29, 1.82) is 0 Å². The molecule has 0 aliphatic heterocycles. The van der Waals surface area contributed by atoms with Crippen molar-refractivity contribution in [2.45, 2.75) is 50.7 Å². The van der Waals surface area contributed by atoms with Gasteiger partial charge >= 0.3 is 0 Å². The molecule has 24 heavy (non-hydrogen) atoms. The summed E-state index contributed by atoms with van der Waals surface area (Å²) >= 11 is 0. The highest BCUT2D eigenvalue weighted by molar-refractivity contribution is 5.36. The van der Waals surface area contributed by atoms with Crippen LogP contribution >= 0.6 is 0 Å². The Balaban J connectivity index is 2.22. The Morgan fingerprint density at radius 2 is 1.46 bits per heavy atom. The first-order valence-electron chi connectivity index (χ1n) is 8.93. The zero-order valence-electron chi connectivity index (χ0n) is 14.8. The molecule has 1 aliphatic rings. The van der Waals surface area contributed by atoms with E-state index in [-0.39, 0.29) is 5.92 Å². The van der Waals surface area contributed by atoms with Crippen molar-refractivity contribution in [3.63, 3.8) is 0 Å². The summed E-state index contributed by atoms with van der Waals surface area (Å²) < 4.78 is 0. The fraction of sp³-hybridized carbons (Fsp3) is 0.455. The summed E-state index contributed by atoms with van der Waals surface area (Å²) in [6.45, 7) is 6.21. The molecule has 0 heterocycles. The maximum atomic E-state index is 12.0. The summed E-state index contributed by atoms with van der Waals surface area (Å²) in [5.41, 5.74) is -0.569. The molecule has 1 fully saturated rings. The first-order chi connectivity index (χ1) is 11.4. The quantitative estimate of drug-likeness (QED) is 0.874. The summed E-state index contributed by atoms with van der Waals surface area (Å²) in [6, 6.07) is 19.9. The van der Waals surface area contributed by atoms with Crippen LogP contribution in [-0.2, 0) is 5.60 Å². The van der Waals surface area contributed by atoms with Gasteiger partial charge in [0.2, 0.25) is 0 Å². The van der Waals surface area contributed by atoms with Crippen LogP contribution in [-0.4, -0.2) is 15.8 Å². The smallest absolute Gasteiger partial charge is 0.125 e. The van der Waals surface area contributed by atoms with Crippen molar-refractivity contribution in [2.75, 3.05) is 0 Å². The van der Waals surface area contributed by atoms with Gasteiger partial charge in [-0.15, -0.1) is 0 Å². The van der Waals surface area contributed by atoms with Gasteiger partial charge in [-0.2, -0.15) is 0 Å². The summed E-state index contributed by atoms with van der Waals surface area (Å²) in [7, 11) is 0. The van der Waals surface area contributed by atoms with Gasteiger partial charge in [0, 0.05) is 5.92 Å². The number of hydrogen-bond donors (Lipinski definition) is 2. The highest BCUT2D eigenvalue weighted by Crippen LogP contribution is 2.56. The molecule has 1 aliphatic carbocycles. The fourth-order valence-corrected chi connectivity index (χ4v) is 4.50. The monoisotopic (exact) mass is 324 g/mol. The van der Waals surface area contributed by atoms with E-state index in [2.05, 4.69) is 26.0 Å². The Morgan fingerprint density at radius 3 is 2.00 bits per heavy atom. The Morgan fingerprint density at radius 1 is 0.917 bits per heavy atom. The second-order valence-corrected chi connectivity index (χ2v) is 7.74. The Bertz CT molecular complexity index is 663. The van der Waals surface area contributed by atoms with E-state index >= 15 is 0 Å². The van der Waals surface area contributed by atoms with Gasteiger partial charge in [-0.05, 0) is 42.7 Å². The number of hydrogen-bond acceptors (Lipinski definition) is 2. The van der Waals surface area contributed by atoms with Gasteiger partial charge < -0.3 is 10.2 Å². The van der Waals surface area contributed by atoms with Crippen LogP contribution in [0.4, 0.5) is 0 Å². The maximum Gasteiger partial charge on any atom is 0.125 e. The molecule has 4 unspecified atom stereocenters. The largest absolute Gasteiger partial charge is 0.387 e. The van der Waals surface area contributed by atoms with Crippen molar-refractivity contribution in [3.8, 4) is 0 Å². The predicted octanol–water partition coefficient (Wildman–Crippen LogP) is 4.48. The van der Waals surface area contributed by atoms with Crippen LogP contribution in [0.3, 0.4) is 0 Å². The standard InChI is InChI=1S/C22H28O2/c1-16(2)19-14-15-21(3,23)22(24,18-12-8-5-9-13-18)20(19)17-10-6-4-7-11-17/h4-13,16,19-20,23-24H,14-15H2,1-3H3. The first-order valence-corrected chi connectivity index (χ1v) is 8.93. The van der Waals surface area contributed by atoms with Gasteiger partial charge in [-0.3, -0.25) is 0 Å². The number of benzene rings is 2. The third-order valence-electron chi connectivity index (χ3n) is 5.89. The summed E-state index contributed by atoms with van der Waals surface area (Å²) in [6.07, 6.45) is 1.52. The molecule has 3 rings (SSSR count). The van der Waals surface area contributed by atoms with Crippen LogP contribution in [0.1, 0.15) is 50.7 Å². The summed E-state index contributed by atoms with van der Waals surface area (Å²) in [5.74, 6) is 0.615. The summed E-state index contributed by atoms with van der Waals surface area (Å²) in [4.78, 5) is 0. The van der Waals surface area contributed by atoms with Crippen molar-refractivity contribution >= 4 is 0 Å². The topological polar surface area (TPSA) is 40.5 Å². The average Bonchev–Trinajstić information content (AvgIpc) is 2.58. The van der Waals surface area contributed by atoms with Crippen molar-refractivity contribution < 1.29 is 10.2 Å². The predicted molar refractivity (Wildman–Crippen MR) is 97.7 cm³/mol. The third kappa shape index (κ3) is 2.68.